The maximum Gasteiger partial charge on any atom is 0.238 e. The molecular weight excluding hydrogens is 248 g/mol. The van der Waals surface area contributed by atoms with Gasteiger partial charge in [0.15, 0.2) is 0 Å². The van der Waals surface area contributed by atoms with Crippen LogP contribution in [0.3, 0.4) is 0 Å². The Morgan fingerprint density at radius 1 is 1.25 bits per heavy atom. The van der Waals surface area contributed by atoms with Gasteiger partial charge in [-0.15, -0.1) is 0 Å². The van der Waals surface area contributed by atoms with Gasteiger partial charge in [-0.1, -0.05) is 24.6 Å². The molecule has 0 aromatic heterocycles. The first-order valence-electron chi connectivity index (χ1n) is 7.78. The van der Waals surface area contributed by atoms with Crippen molar-refractivity contribution in [3.05, 3.63) is 29.8 Å². The third kappa shape index (κ3) is 3.04. The van der Waals surface area contributed by atoms with E-state index in [2.05, 4.69) is 10.6 Å². The Morgan fingerprint density at radius 2 is 2.10 bits per heavy atom. The molecule has 0 aliphatic heterocycles. The molecule has 0 saturated heterocycles. The van der Waals surface area contributed by atoms with E-state index in [1.165, 1.54) is 25.7 Å². The van der Waals surface area contributed by atoms with Crippen LogP contribution in [0.25, 0.3) is 0 Å². The molecule has 2 N–H and O–H groups in total. The molecule has 3 nitrogen and oxygen atoms in total. The standard InChI is InChI=1S/C17H24N2O/c1-12-4-2-3-5-16(12)19-17(20)11-18-10-15-9-13-6-7-14(15)8-13/h2-5,13-15,18H,6-11H2,1H3,(H,19,20). The number of benzene rings is 1. The Kier molecular flexibility index (Phi) is 4.06. The zero-order valence-corrected chi connectivity index (χ0v) is 12.2. The van der Waals surface area contributed by atoms with Crippen molar-refractivity contribution in [2.75, 3.05) is 18.4 Å². The van der Waals surface area contributed by atoms with Gasteiger partial charge < -0.3 is 10.6 Å². The molecule has 0 heterocycles. The van der Waals surface area contributed by atoms with E-state index in [1.54, 1.807) is 0 Å². The van der Waals surface area contributed by atoms with Crippen molar-refractivity contribution < 1.29 is 4.79 Å². The lowest BCUT2D eigenvalue weighted by atomic mass is 9.89. The van der Waals surface area contributed by atoms with Crippen molar-refractivity contribution in [2.45, 2.75) is 32.6 Å². The molecule has 0 radical (unpaired) electrons. The van der Waals surface area contributed by atoms with Crippen LogP contribution in [0.15, 0.2) is 24.3 Å². The molecule has 2 fully saturated rings. The first-order chi connectivity index (χ1) is 9.72. The highest BCUT2D eigenvalue weighted by Crippen LogP contribution is 2.47. The molecule has 1 aromatic rings. The maximum absolute atomic E-state index is 11.9. The smallest absolute Gasteiger partial charge is 0.238 e. The molecule has 3 unspecified atom stereocenters. The van der Waals surface area contributed by atoms with Crippen LogP contribution in [0.2, 0.25) is 0 Å². The predicted molar refractivity (Wildman–Crippen MR) is 81.6 cm³/mol. The first kappa shape index (κ1) is 13.6. The van der Waals surface area contributed by atoms with Crippen LogP contribution >= 0.6 is 0 Å². The van der Waals surface area contributed by atoms with Crippen LogP contribution in [0.1, 0.15) is 31.2 Å². The van der Waals surface area contributed by atoms with E-state index in [4.69, 9.17) is 0 Å². The number of amides is 1. The number of carbonyl (C=O) groups excluding carboxylic acids is 1. The molecular formula is C17H24N2O. The average Bonchev–Trinajstić information content (AvgIpc) is 3.04. The Labute approximate surface area is 121 Å². The molecule has 1 aromatic carbocycles. The number of hydrogen-bond donors (Lipinski definition) is 2. The zero-order valence-electron chi connectivity index (χ0n) is 12.2. The molecule has 2 saturated carbocycles. The molecule has 1 amide bonds. The van der Waals surface area contributed by atoms with E-state index < -0.39 is 0 Å². The largest absolute Gasteiger partial charge is 0.325 e. The SMILES string of the molecule is Cc1ccccc1NC(=O)CNCC1CC2CCC1C2. The molecule has 0 spiro atoms. The van der Waals surface area contributed by atoms with Crippen molar-refractivity contribution in [1.29, 1.82) is 0 Å². The lowest BCUT2D eigenvalue weighted by Gasteiger charge is -2.21. The maximum atomic E-state index is 11.9. The second kappa shape index (κ2) is 5.96. The summed E-state index contributed by atoms with van der Waals surface area (Å²) >= 11 is 0. The van der Waals surface area contributed by atoms with E-state index in [-0.39, 0.29) is 5.91 Å². The summed E-state index contributed by atoms with van der Waals surface area (Å²) in [5.74, 6) is 2.77. The zero-order chi connectivity index (χ0) is 13.9. The fourth-order valence-electron chi connectivity index (χ4n) is 3.91. The highest BCUT2D eigenvalue weighted by atomic mass is 16.1. The minimum Gasteiger partial charge on any atom is -0.325 e. The first-order valence-corrected chi connectivity index (χ1v) is 7.78. The predicted octanol–water partition coefficient (Wildman–Crippen LogP) is 2.96. The number of aryl methyl sites for hydroxylation is 1. The third-order valence-corrected chi connectivity index (χ3v) is 5.00. The van der Waals surface area contributed by atoms with E-state index >= 15 is 0 Å². The molecule has 2 aliphatic carbocycles. The van der Waals surface area contributed by atoms with Gasteiger partial charge in [0.05, 0.1) is 6.54 Å². The molecule has 108 valence electrons. The van der Waals surface area contributed by atoms with Crippen molar-refractivity contribution in [3.8, 4) is 0 Å². The van der Waals surface area contributed by atoms with Gasteiger partial charge in [0, 0.05) is 5.69 Å². The fraction of sp³-hybridized carbons (Fsp3) is 0.588. The van der Waals surface area contributed by atoms with Gasteiger partial charge in [0.2, 0.25) is 5.91 Å². The summed E-state index contributed by atoms with van der Waals surface area (Å²) < 4.78 is 0. The van der Waals surface area contributed by atoms with Gasteiger partial charge in [-0.2, -0.15) is 0 Å². The Hall–Kier alpha value is -1.35. The van der Waals surface area contributed by atoms with E-state index in [9.17, 15) is 4.79 Å². The average molecular weight is 272 g/mol. The van der Waals surface area contributed by atoms with Crippen LogP contribution in [0.4, 0.5) is 5.69 Å². The third-order valence-electron chi connectivity index (χ3n) is 5.00. The topological polar surface area (TPSA) is 41.1 Å². The number of fused-ring (bicyclic) bond motifs is 2. The second-order valence-corrected chi connectivity index (χ2v) is 6.43. The number of anilines is 1. The summed E-state index contributed by atoms with van der Waals surface area (Å²) in [4.78, 5) is 11.9. The molecule has 3 atom stereocenters. The number of hydrogen-bond acceptors (Lipinski definition) is 2. The summed E-state index contributed by atoms with van der Waals surface area (Å²) in [6.45, 7) is 3.43. The molecule has 2 aliphatic rings. The van der Waals surface area contributed by atoms with E-state index in [0.717, 1.165) is 35.5 Å². The summed E-state index contributed by atoms with van der Waals surface area (Å²) in [7, 11) is 0. The van der Waals surface area contributed by atoms with Gasteiger partial charge >= 0.3 is 0 Å². The van der Waals surface area contributed by atoms with Gasteiger partial charge in [0.25, 0.3) is 0 Å². The summed E-state index contributed by atoms with van der Waals surface area (Å²) in [6.07, 6.45) is 5.65. The normalized spacial score (nSPS) is 27.8. The molecule has 3 heteroatoms. The fourth-order valence-corrected chi connectivity index (χ4v) is 3.91. The summed E-state index contributed by atoms with van der Waals surface area (Å²) in [5, 5.41) is 6.31. The van der Waals surface area contributed by atoms with Crippen molar-refractivity contribution in [2.24, 2.45) is 17.8 Å². The minimum absolute atomic E-state index is 0.0578. The van der Waals surface area contributed by atoms with Crippen LogP contribution in [0.5, 0.6) is 0 Å². The number of para-hydroxylation sites is 1. The van der Waals surface area contributed by atoms with Crippen molar-refractivity contribution in [3.63, 3.8) is 0 Å². The Morgan fingerprint density at radius 3 is 2.80 bits per heavy atom. The van der Waals surface area contributed by atoms with Crippen molar-refractivity contribution in [1.82, 2.24) is 5.32 Å². The van der Waals surface area contributed by atoms with Crippen LogP contribution < -0.4 is 10.6 Å². The number of nitrogens with one attached hydrogen (secondary N) is 2. The van der Waals surface area contributed by atoms with Crippen LogP contribution in [-0.2, 0) is 4.79 Å². The monoisotopic (exact) mass is 272 g/mol. The summed E-state index contributed by atoms with van der Waals surface area (Å²) in [6, 6.07) is 7.89. The number of rotatable bonds is 5. The lowest BCUT2D eigenvalue weighted by molar-refractivity contribution is -0.115. The number of carbonyl (C=O) groups is 1. The van der Waals surface area contributed by atoms with Crippen LogP contribution in [0, 0.1) is 24.7 Å². The van der Waals surface area contributed by atoms with Gasteiger partial charge in [-0.3, -0.25) is 4.79 Å². The quantitative estimate of drug-likeness (QED) is 0.865. The molecule has 20 heavy (non-hydrogen) atoms. The minimum atomic E-state index is 0.0578. The van der Waals surface area contributed by atoms with Gasteiger partial charge in [-0.05, 0) is 62.1 Å². The highest BCUT2D eigenvalue weighted by Gasteiger charge is 2.38. The highest BCUT2D eigenvalue weighted by molar-refractivity contribution is 5.92. The summed E-state index contributed by atoms with van der Waals surface area (Å²) in [5.41, 5.74) is 2.02. The van der Waals surface area contributed by atoms with E-state index in [1.807, 2.05) is 31.2 Å². The van der Waals surface area contributed by atoms with E-state index in [0.29, 0.717) is 6.54 Å². The van der Waals surface area contributed by atoms with Crippen molar-refractivity contribution >= 4 is 11.6 Å². The van der Waals surface area contributed by atoms with Crippen LogP contribution in [-0.4, -0.2) is 19.0 Å². The molecule has 3 rings (SSSR count). The second-order valence-electron chi connectivity index (χ2n) is 6.43. The Bertz CT molecular complexity index is 486. The van der Waals surface area contributed by atoms with Gasteiger partial charge in [0.1, 0.15) is 0 Å². The van der Waals surface area contributed by atoms with Gasteiger partial charge in [-0.25, -0.2) is 0 Å². The lowest BCUT2D eigenvalue weighted by Crippen LogP contribution is -2.33. The molecule has 2 bridgehead atoms. The Balaban J connectivity index is 1.40.